The molecule has 0 aliphatic carbocycles. The maximum Gasteiger partial charge on any atom is 0.328 e. The molecule has 112 valence electrons. The van der Waals surface area contributed by atoms with E-state index in [2.05, 4.69) is 5.32 Å². The number of hydrogen-bond donors (Lipinski definition) is 3. The smallest absolute Gasteiger partial charge is 0.328 e. The second kappa shape index (κ2) is 5.53. The van der Waals surface area contributed by atoms with Gasteiger partial charge in [-0.25, -0.2) is 9.18 Å². The van der Waals surface area contributed by atoms with Crippen LogP contribution in [0.1, 0.15) is 23.0 Å². The molecule has 2 atom stereocenters. The topological polar surface area (TPSA) is 99.8 Å². The van der Waals surface area contributed by atoms with E-state index in [1.807, 2.05) is 0 Å². The van der Waals surface area contributed by atoms with Crippen LogP contribution in [0.3, 0.4) is 0 Å². The average Bonchev–Trinajstić information content (AvgIpc) is 2.72. The molecular formula is C14H14FNO5. The molecule has 2 rings (SSSR count). The average molecular weight is 295 g/mol. The van der Waals surface area contributed by atoms with Gasteiger partial charge in [-0.15, -0.1) is 0 Å². The van der Waals surface area contributed by atoms with E-state index in [1.54, 1.807) is 6.92 Å². The van der Waals surface area contributed by atoms with Crippen molar-refractivity contribution in [2.45, 2.75) is 26.0 Å². The highest BCUT2D eigenvalue weighted by Crippen LogP contribution is 2.26. The SMILES string of the molecule is Cc1c(C(=O)NC(C(=O)O)C(C)O)oc2ccc(F)cc12. The van der Waals surface area contributed by atoms with E-state index < -0.39 is 29.8 Å². The Morgan fingerprint density at radius 2 is 2.05 bits per heavy atom. The van der Waals surface area contributed by atoms with Gasteiger partial charge in [0.1, 0.15) is 11.4 Å². The van der Waals surface area contributed by atoms with Crippen molar-refractivity contribution in [3.8, 4) is 0 Å². The van der Waals surface area contributed by atoms with Crippen LogP contribution >= 0.6 is 0 Å². The highest BCUT2D eigenvalue weighted by molar-refractivity contribution is 6.00. The predicted octanol–water partition coefficient (Wildman–Crippen LogP) is 1.44. The normalized spacial score (nSPS) is 13.9. The molecule has 1 amide bonds. The van der Waals surface area contributed by atoms with E-state index in [1.165, 1.54) is 25.1 Å². The maximum absolute atomic E-state index is 13.2. The summed E-state index contributed by atoms with van der Waals surface area (Å²) in [4.78, 5) is 23.0. The minimum Gasteiger partial charge on any atom is -0.480 e. The van der Waals surface area contributed by atoms with Gasteiger partial charge in [0.25, 0.3) is 5.91 Å². The van der Waals surface area contributed by atoms with Crippen LogP contribution in [-0.2, 0) is 4.79 Å². The fourth-order valence-electron chi connectivity index (χ4n) is 2.01. The first kappa shape index (κ1) is 15.0. The van der Waals surface area contributed by atoms with Crippen LogP contribution in [0.15, 0.2) is 22.6 Å². The summed E-state index contributed by atoms with van der Waals surface area (Å²) in [7, 11) is 0. The van der Waals surface area contributed by atoms with E-state index in [0.29, 0.717) is 16.5 Å². The van der Waals surface area contributed by atoms with Crippen LogP contribution in [0.2, 0.25) is 0 Å². The standard InChI is InChI=1S/C14H14FNO5/c1-6-9-5-8(15)3-4-10(9)21-12(6)13(18)16-11(7(2)17)14(19)20/h3-5,7,11,17H,1-2H3,(H,16,18)(H,19,20). The third-order valence-corrected chi connectivity index (χ3v) is 3.14. The van der Waals surface area contributed by atoms with Crippen LogP contribution in [0.4, 0.5) is 4.39 Å². The Morgan fingerprint density at radius 3 is 2.62 bits per heavy atom. The van der Waals surface area contributed by atoms with E-state index >= 15 is 0 Å². The number of carbonyl (C=O) groups is 2. The molecule has 0 spiro atoms. The van der Waals surface area contributed by atoms with Crippen molar-refractivity contribution in [1.29, 1.82) is 0 Å². The third-order valence-electron chi connectivity index (χ3n) is 3.14. The number of aryl methyl sites for hydroxylation is 1. The Balaban J connectivity index is 2.35. The Hall–Kier alpha value is -2.41. The minimum absolute atomic E-state index is 0.109. The van der Waals surface area contributed by atoms with Gasteiger partial charge < -0.3 is 19.9 Å². The van der Waals surface area contributed by atoms with Gasteiger partial charge in [-0.2, -0.15) is 0 Å². The number of carboxylic acid groups (broad SMARTS) is 1. The quantitative estimate of drug-likeness (QED) is 0.792. The Bertz CT molecular complexity index is 707. The lowest BCUT2D eigenvalue weighted by molar-refractivity contribution is -0.141. The van der Waals surface area contributed by atoms with Crippen LogP contribution in [0.25, 0.3) is 11.0 Å². The zero-order valence-corrected chi connectivity index (χ0v) is 11.4. The number of hydrogen-bond acceptors (Lipinski definition) is 4. The number of benzene rings is 1. The van der Waals surface area contributed by atoms with Gasteiger partial charge in [0.2, 0.25) is 0 Å². The molecular weight excluding hydrogens is 281 g/mol. The van der Waals surface area contributed by atoms with Crippen LogP contribution < -0.4 is 5.32 Å². The molecule has 0 radical (unpaired) electrons. The zero-order chi connectivity index (χ0) is 15.7. The molecule has 1 heterocycles. The van der Waals surface area contributed by atoms with Gasteiger partial charge in [0.05, 0.1) is 6.10 Å². The molecule has 2 unspecified atom stereocenters. The summed E-state index contributed by atoms with van der Waals surface area (Å²) in [5.74, 6) is -2.72. The lowest BCUT2D eigenvalue weighted by Crippen LogP contribution is -2.47. The number of nitrogens with one attached hydrogen (secondary N) is 1. The van der Waals surface area contributed by atoms with E-state index in [0.717, 1.165) is 0 Å². The number of furan rings is 1. The van der Waals surface area contributed by atoms with Crippen molar-refractivity contribution in [2.75, 3.05) is 0 Å². The minimum atomic E-state index is -1.46. The van der Waals surface area contributed by atoms with E-state index in [4.69, 9.17) is 9.52 Å². The molecule has 0 saturated carbocycles. The van der Waals surface area contributed by atoms with Crippen molar-refractivity contribution in [3.63, 3.8) is 0 Å². The lowest BCUT2D eigenvalue weighted by atomic mass is 10.1. The molecule has 21 heavy (non-hydrogen) atoms. The summed E-state index contributed by atoms with van der Waals surface area (Å²) in [6.45, 7) is 2.82. The molecule has 1 aromatic heterocycles. The Kier molecular flexibility index (Phi) is 3.95. The zero-order valence-electron chi connectivity index (χ0n) is 11.4. The number of carbonyl (C=O) groups excluding carboxylic acids is 1. The van der Waals surface area contributed by atoms with Gasteiger partial charge in [-0.05, 0) is 32.0 Å². The highest BCUT2D eigenvalue weighted by Gasteiger charge is 2.28. The number of aliphatic hydroxyl groups is 1. The number of fused-ring (bicyclic) bond motifs is 1. The van der Waals surface area contributed by atoms with E-state index in [-0.39, 0.29) is 5.76 Å². The van der Waals surface area contributed by atoms with Gasteiger partial charge >= 0.3 is 5.97 Å². The van der Waals surface area contributed by atoms with Crippen LogP contribution in [0.5, 0.6) is 0 Å². The summed E-state index contributed by atoms with van der Waals surface area (Å²) in [6, 6.07) is 2.36. The van der Waals surface area contributed by atoms with Gasteiger partial charge in [-0.3, -0.25) is 4.79 Å². The molecule has 0 fully saturated rings. The first-order chi connectivity index (χ1) is 9.81. The molecule has 0 bridgehead atoms. The molecule has 0 aliphatic heterocycles. The fourth-order valence-corrected chi connectivity index (χ4v) is 2.01. The Morgan fingerprint density at radius 1 is 1.38 bits per heavy atom. The Labute approximate surface area is 119 Å². The number of aliphatic hydroxyl groups excluding tert-OH is 1. The number of aliphatic carboxylic acids is 1. The molecule has 0 saturated heterocycles. The van der Waals surface area contributed by atoms with Gasteiger partial charge in [0, 0.05) is 10.9 Å². The van der Waals surface area contributed by atoms with Crippen molar-refractivity contribution < 1.29 is 28.6 Å². The summed E-state index contributed by atoms with van der Waals surface area (Å²) in [5, 5.41) is 20.9. The first-order valence-electron chi connectivity index (χ1n) is 6.21. The first-order valence-corrected chi connectivity index (χ1v) is 6.21. The molecule has 1 aromatic carbocycles. The third kappa shape index (κ3) is 2.87. The van der Waals surface area contributed by atoms with Crippen molar-refractivity contribution in [2.24, 2.45) is 0 Å². The fraction of sp³-hybridized carbons (Fsp3) is 0.286. The predicted molar refractivity (Wildman–Crippen MR) is 71.5 cm³/mol. The summed E-state index contributed by atoms with van der Waals surface area (Å²) in [5.41, 5.74) is 0.722. The number of rotatable bonds is 4. The molecule has 0 aliphatic rings. The van der Waals surface area contributed by atoms with Gasteiger partial charge in [-0.1, -0.05) is 0 Å². The number of amides is 1. The highest BCUT2D eigenvalue weighted by atomic mass is 19.1. The number of carboxylic acids is 1. The summed E-state index contributed by atoms with van der Waals surface area (Å²) >= 11 is 0. The molecule has 2 aromatic rings. The summed E-state index contributed by atoms with van der Waals surface area (Å²) < 4.78 is 18.5. The molecule has 6 nitrogen and oxygen atoms in total. The van der Waals surface area contributed by atoms with Crippen molar-refractivity contribution in [1.82, 2.24) is 5.32 Å². The largest absolute Gasteiger partial charge is 0.480 e. The van der Waals surface area contributed by atoms with Crippen LogP contribution in [-0.4, -0.2) is 34.2 Å². The second-order valence-corrected chi connectivity index (χ2v) is 4.73. The summed E-state index contributed by atoms with van der Waals surface area (Å²) in [6.07, 6.45) is -1.27. The monoisotopic (exact) mass is 295 g/mol. The van der Waals surface area contributed by atoms with Crippen molar-refractivity contribution in [3.05, 3.63) is 35.3 Å². The lowest BCUT2D eigenvalue weighted by Gasteiger charge is -2.16. The molecule has 3 N–H and O–H groups in total. The van der Waals surface area contributed by atoms with Gasteiger partial charge in [0.15, 0.2) is 11.8 Å². The van der Waals surface area contributed by atoms with E-state index in [9.17, 15) is 19.1 Å². The second-order valence-electron chi connectivity index (χ2n) is 4.73. The van der Waals surface area contributed by atoms with Crippen molar-refractivity contribution >= 4 is 22.8 Å². The number of halogens is 1. The van der Waals surface area contributed by atoms with Crippen LogP contribution in [0, 0.1) is 12.7 Å². The maximum atomic E-state index is 13.2. The molecule has 7 heteroatoms.